The first-order valence-electron chi connectivity index (χ1n) is 5.05. The van der Waals surface area contributed by atoms with Crippen molar-refractivity contribution in [1.29, 1.82) is 0 Å². The van der Waals surface area contributed by atoms with E-state index in [4.69, 9.17) is 0 Å². The quantitative estimate of drug-likeness (QED) is 0.744. The Balaban J connectivity index is 2.33. The summed E-state index contributed by atoms with van der Waals surface area (Å²) in [6, 6.07) is 0. The molecule has 0 saturated heterocycles. The second kappa shape index (κ2) is 3.53. The summed E-state index contributed by atoms with van der Waals surface area (Å²) < 4.78 is 4.17. The molecule has 4 nitrogen and oxygen atoms in total. The molecule has 0 unspecified atom stereocenters. The molecule has 15 heavy (non-hydrogen) atoms. The summed E-state index contributed by atoms with van der Waals surface area (Å²) in [6.45, 7) is 7.21. The van der Waals surface area contributed by atoms with Crippen LogP contribution in [-0.4, -0.2) is 19.3 Å². The lowest BCUT2D eigenvalue weighted by Gasteiger charge is -2.05. The Hall–Kier alpha value is -1.58. The van der Waals surface area contributed by atoms with Gasteiger partial charge in [-0.2, -0.15) is 0 Å². The first kappa shape index (κ1) is 9.96. The molecule has 2 aromatic rings. The van der Waals surface area contributed by atoms with Crippen molar-refractivity contribution in [1.82, 2.24) is 19.3 Å². The number of nitrogens with zero attached hydrogens (tertiary/aromatic N) is 4. The number of aromatic nitrogens is 4. The SMILES string of the molecule is Cc1cn(Cc2nncn2C)c(C)c1C. The van der Waals surface area contributed by atoms with Crippen LogP contribution in [0.5, 0.6) is 0 Å². The van der Waals surface area contributed by atoms with Crippen molar-refractivity contribution in [2.75, 3.05) is 0 Å². The normalized spacial score (nSPS) is 10.9. The second-order valence-corrected chi connectivity index (χ2v) is 4.01. The summed E-state index contributed by atoms with van der Waals surface area (Å²) >= 11 is 0. The van der Waals surface area contributed by atoms with Gasteiger partial charge >= 0.3 is 0 Å². The lowest BCUT2D eigenvalue weighted by Crippen LogP contribution is -2.06. The zero-order valence-corrected chi connectivity index (χ0v) is 9.65. The molecule has 0 saturated carbocycles. The van der Waals surface area contributed by atoms with Gasteiger partial charge in [0.25, 0.3) is 0 Å². The predicted molar refractivity (Wildman–Crippen MR) is 58.7 cm³/mol. The van der Waals surface area contributed by atoms with Crippen molar-refractivity contribution in [3.05, 3.63) is 35.2 Å². The highest BCUT2D eigenvalue weighted by Gasteiger charge is 2.07. The number of hydrogen-bond acceptors (Lipinski definition) is 2. The molecule has 0 bridgehead atoms. The molecule has 4 heteroatoms. The van der Waals surface area contributed by atoms with E-state index in [1.54, 1.807) is 6.33 Å². The van der Waals surface area contributed by atoms with Crippen molar-refractivity contribution in [3.8, 4) is 0 Å². The summed E-state index contributed by atoms with van der Waals surface area (Å²) in [7, 11) is 1.97. The van der Waals surface area contributed by atoms with Gasteiger partial charge in [-0.1, -0.05) is 0 Å². The van der Waals surface area contributed by atoms with Gasteiger partial charge in [0.05, 0.1) is 6.54 Å². The molecule has 0 aliphatic heterocycles. The van der Waals surface area contributed by atoms with Gasteiger partial charge in [-0.25, -0.2) is 0 Å². The highest BCUT2D eigenvalue weighted by Crippen LogP contribution is 2.15. The van der Waals surface area contributed by atoms with Crippen LogP contribution in [-0.2, 0) is 13.6 Å². The molecule has 2 aromatic heterocycles. The lowest BCUT2D eigenvalue weighted by molar-refractivity contribution is 0.684. The molecular weight excluding hydrogens is 188 g/mol. The highest BCUT2D eigenvalue weighted by atomic mass is 15.3. The minimum atomic E-state index is 0.789. The van der Waals surface area contributed by atoms with E-state index in [1.807, 2.05) is 11.6 Å². The van der Waals surface area contributed by atoms with Crippen LogP contribution in [0.1, 0.15) is 22.6 Å². The summed E-state index contributed by atoms with van der Waals surface area (Å²) in [5, 5.41) is 7.96. The van der Waals surface area contributed by atoms with E-state index in [9.17, 15) is 0 Å². The highest BCUT2D eigenvalue weighted by molar-refractivity contribution is 5.29. The molecule has 0 amide bonds. The van der Waals surface area contributed by atoms with E-state index in [0.29, 0.717) is 0 Å². The van der Waals surface area contributed by atoms with Gasteiger partial charge in [0.1, 0.15) is 6.33 Å². The average Bonchev–Trinajstić information content (AvgIpc) is 2.69. The van der Waals surface area contributed by atoms with Gasteiger partial charge in [0.15, 0.2) is 5.82 Å². The van der Waals surface area contributed by atoms with Crippen molar-refractivity contribution in [2.24, 2.45) is 7.05 Å². The van der Waals surface area contributed by atoms with Crippen molar-refractivity contribution in [2.45, 2.75) is 27.3 Å². The molecule has 0 atom stereocenters. The number of aryl methyl sites for hydroxylation is 2. The van der Waals surface area contributed by atoms with E-state index in [2.05, 4.69) is 41.7 Å². The molecule has 0 N–H and O–H groups in total. The third-order valence-corrected chi connectivity index (χ3v) is 3.03. The summed E-state index contributed by atoms with van der Waals surface area (Å²) in [4.78, 5) is 0. The molecule has 2 rings (SSSR count). The molecule has 0 radical (unpaired) electrons. The minimum absolute atomic E-state index is 0.789. The molecule has 0 aromatic carbocycles. The molecule has 0 aliphatic rings. The van der Waals surface area contributed by atoms with Gasteiger partial charge in [0.2, 0.25) is 0 Å². The summed E-state index contributed by atoms with van der Waals surface area (Å²) in [5.74, 6) is 0.980. The van der Waals surface area contributed by atoms with E-state index in [0.717, 1.165) is 12.4 Å². The monoisotopic (exact) mass is 204 g/mol. The van der Waals surface area contributed by atoms with E-state index < -0.39 is 0 Å². The molecule has 80 valence electrons. The smallest absolute Gasteiger partial charge is 0.152 e. The van der Waals surface area contributed by atoms with E-state index in [1.165, 1.54) is 16.8 Å². The molecular formula is C11H16N4. The van der Waals surface area contributed by atoms with Crippen LogP contribution in [0, 0.1) is 20.8 Å². The number of hydrogen-bond donors (Lipinski definition) is 0. The molecule has 0 spiro atoms. The topological polar surface area (TPSA) is 35.6 Å². The second-order valence-electron chi connectivity index (χ2n) is 4.01. The number of rotatable bonds is 2. The molecule has 0 fully saturated rings. The maximum Gasteiger partial charge on any atom is 0.152 e. The standard InChI is InChI=1S/C11H16N4/c1-8-5-15(10(3)9(8)2)6-11-13-12-7-14(11)4/h5,7H,6H2,1-4H3. The minimum Gasteiger partial charge on any atom is -0.344 e. The Morgan fingerprint density at radius 2 is 2.00 bits per heavy atom. The predicted octanol–water partition coefficient (Wildman–Crippen LogP) is 1.59. The van der Waals surface area contributed by atoms with E-state index in [-0.39, 0.29) is 0 Å². The molecule has 0 aliphatic carbocycles. The largest absolute Gasteiger partial charge is 0.344 e. The molecule has 2 heterocycles. The Labute approximate surface area is 89.6 Å². The Morgan fingerprint density at radius 3 is 2.47 bits per heavy atom. The van der Waals surface area contributed by atoms with Crippen molar-refractivity contribution in [3.63, 3.8) is 0 Å². The third-order valence-electron chi connectivity index (χ3n) is 3.03. The fourth-order valence-corrected chi connectivity index (χ4v) is 1.70. The maximum atomic E-state index is 4.08. The van der Waals surface area contributed by atoms with Crippen LogP contribution in [0.2, 0.25) is 0 Å². The van der Waals surface area contributed by atoms with Crippen LogP contribution in [0.15, 0.2) is 12.5 Å². The Bertz CT molecular complexity index is 479. The van der Waals surface area contributed by atoms with Gasteiger partial charge in [-0.05, 0) is 31.9 Å². The van der Waals surface area contributed by atoms with Gasteiger partial charge in [-0.15, -0.1) is 10.2 Å². The average molecular weight is 204 g/mol. The Morgan fingerprint density at radius 1 is 1.27 bits per heavy atom. The fourth-order valence-electron chi connectivity index (χ4n) is 1.70. The van der Waals surface area contributed by atoms with Gasteiger partial charge < -0.3 is 9.13 Å². The third kappa shape index (κ3) is 1.67. The van der Waals surface area contributed by atoms with Crippen LogP contribution >= 0.6 is 0 Å². The first-order chi connectivity index (χ1) is 7.09. The van der Waals surface area contributed by atoms with Crippen LogP contribution in [0.3, 0.4) is 0 Å². The van der Waals surface area contributed by atoms with Crippen LogP contribution in [0.25, 0.3) is 0 Å². The first-order valence-corrected chi connectivity index (χ1v) is 5.05. The zero-order chi connectivity index (χ0) is 11.0. The van der Waals surface area contributed by atoms with Crippen molar-refractivity contribution < 1.29 is 0 Å². The van der Waals surface area contributed by atoms with E-state index >= 15 is 0 Å². The van der Waals surface area contributed by atoms with Gasteiger partial charge in [-0.3, -0.25) is 0 Å². The summed E-state index contributed by atoms with van der Waals surface area (Å²) in [5.41, 5.74) is 3.99. The van der Waals surface area contributed by atoms with Crippen LogP contribution in [0.4, 0.5) is 0 Å². The van der Waals surface area contributed by atoms with Crippen LogP contribution < -0.4 is 0 Å². The summed E-state index contributed by atoms with van der Waals surface area (Å²) in [6.07, 6.45) is 3.90. The maximum absolute atomic E-state index is 4.08. The zero-order valence-electron chi connectivity index (χ0n) is 9.65. The van der Waals surface area contributed by atoms with Gasteiger partial charge in [0, 0.05) is 18.9 Å². The lowest BCUT2D eigenvalue weighted by atomic mass is 10.2. The fraction of sp³-hybridized carbons (Fsp3) is 0.455. The Kier molecular flexibility index (Phi) is 2.34. The van der Waals surface area contributed by atoms with Crippen molar-refractivity contribution >= 4 is 0 Å².